The Morgan fingerprint density at radius 2 is 1.44 bits per heavy atom. The molecule has 0 aliphatic carbocycles. The summed E-state index contributed by atoms with van der Waals surface area (Å²) in [6.07, 6.45) is 2.72. The number of phosphoric acid groups is 1. The zero-order chi connectivity index (χ0) is 13.4. The summed E-state index contributed by atoms with van der Waals surface area (Å²) >= 11 is 0. The Morgan fingerprint density at radius 1 is 1.06 bits per heavy atom. The molecule has 18 heavy (non-hydrogen) atoms. The summed E-state index contributed by atoms with van der Waals surface area (Å²) in [5.74, 6) is 0. The van der Waals surface area contributed by atoms with Crippen LogP contribution in [0.5, 0.6) is 0 Å². The van der Waals surface area contributed by atoms with E-state index in [0.29, 0.717) is 12.8 Å². The van der Waals surface area contributed by atoms with Crippen molar-refractivity contribution >= 4 is 37.1 Å². The number of rotatable bonds is 10. The monoisotopic (exact) mass is 298 g/mol. The van der Waals surface area contributed by atoms with E-state index in [0.717, 1.165) is 12.8 Å². The molecule has 0 spiro atoms. The van der Waals surface area contributed by atoms with Gasteiger partial charge in [0.2, 0.25) is 0 Å². The summed E-state index contributed by atoms with van der Waals surface area (Å²) in [6, 6.07) is 0. The van der Waals surface area contributed by atoms with Crippen molar-refractivity contribution in [2.75, 3.05) is 13.2 Å². The van der Waals surface area contributed by atoms with Crippen LogP contribution in [0.1, 0.15) is 39.5 Å². The van der Waals surface area contributed by atoms with Gasteiger partial charge in [-0.2, -0.15) is 8.42 Å². The van der Waals surface area contributed by atoms with Gasteiger partial charge in [0, 0.05) is 0 Å². The molecule has 0 aromatic heterocycles. The summed E-state index contributed by atoms with van der Waals surface area (Å²) < 4.78 is 54.8. The van der Waals surface area contributed by atoms with Crippen LogP contribution in [0.15, 0.2) is 0 Å². The molecule has 0 amide bonds. The number of unbranched alkanes of at least 4 members (excludes halogenated alkanes) is 2. The molecular weight excluding hydrogens is 278 g/mol. The van der Waals surface area contributed by atoms with Crippen molar-refractivity contribution in [1.82, 2.24) is 0 Å². The van der Waals surface area contributed by atoms with Gasteiger partial charge in [-0.05, 0) is 12.8 Å². The molecule has 0 saturated carbocycles. The Hall–Kier alpha value is 0.617. The van der Waals surface area contributed by atoms with Crippen LogP contribution in [-0.4, -0.2) is 45.0 Å². The summed E-state index contributed by atoms with van der Waals surface area (Å²) in [7, 11) is -9.11. The van der Waals surface area contributed by atoms with E-state index in [2.05, 4.69) is 3.97 Å². The Morgan fingerprint density at radius 3 is 1.72 bits per heavy atom. The Balaban J connectivity index is 0. The average molecular weight is 298 g/mol. The molecule has 0 saturated heterocycles. The van der Waals surface area contributed by atoms with Gasteiger partial charge < -0.3 is 0 Å². The zero-order valence-corrected chi connectivity index (χ0v) is 11.7. The van der Waals surface area contributed by atoms with E-state index < -0.39 is 18.2 Å². The minimum absolute atomic E-state index is 0. The molecular formula is C8H20LiO7PS. The predicted octanol–water partition coefficient (Wildman–Crippen LogP) is 1.90. The van der Waals surface area contributed by atoms with Gasteiger partial charge in [-0.25, -0.2) is 4.57 Å². The van der Waals surface area contributed by atoms with E-state index in [1.807, 2.05) is 13.8 Å². The van der Waals surface area contributed by atoms with Crippen molar-refractivity contribution in [2.45, 2.75) is 39.5 Å². The normalized spacial score (nSPS) is 12.2. The molecule has 0 heterocycles. The Kier molecular flexibility index (Phi) is 12.1. The van der Waals surface area contributed by atoms with Crippen LogP contribution in [0.3, 0.4) is 0 Å². The van der Waals surface area contributed by atoms with Crippen LogP contribution in [0.4, 0.5) is 0 Å². The molecule has 0 bridgehead atoms. The molecule has 10 heteroatoms. The standard InChI is InChI=1S/C8H19O7PS.Li.H/c1-3-5-7-13-16(9,14-8-6-4-2)15-17(10,11)12;;/h3-8H2,1-2H3,(H,10,11,12);;. The first-order chi connectivity index (χ1) is 7.83. The predicted molar refractivity (Wildman–Crippen MR) is 69.1 cm³/mol. The van der Waals surface area contributed by atoms with Gasteiger partial charge in [0.25, 0.3) is 0 Å². The van der Waals surface area contributed by atoms with Crippen molar-refractivity contribution in [3.8, 4) is 0 Å². The van der Waals surface area contributed by atoms with Gasteiger partial charge in [-0.15, -0.1) is 3.97 Å². The molecule has 106 valence electrons. The van der Waals surface area contributed by atoms with Crippen LogP contribution >= 0.6 is 7.82 Å². The maximum absolute atomic E-state index is 11.8. The SMILES string of the molecule is CCCCOP(=O)(OCCCC)OS(=O)(=O)O.[LiH]. The third-order valence-electron chi connectivity index (χ3n) is 1.68. The Bertz CT molecular complexity index is 331. The second kappa shape index (κ2) is 10.4. The fourth-order valence-corrected chi connectivity index (χ4v) is 2.88. The second-order valence-corrected chi connectivity index (χ2v) is 6.19. The zero-order valence-electron chi connectivity index (χ0n) is 9.99. The molecule has 0 aliphatic heterocycles. The van der Waals surface area contributed by atoms with Crippen LogP contribution in [-0.2, 0) is 28.0 Å². The van der Waals surface area contributed by atoms with E-state index in [9.17, 15) is 13.0 Å². The van der Waals surface area contributed by atoms with Gasteiger partial charge in [0.1, 0.15) is 0 Å². The number of hydrogen-bond acceptors (Lipinski definition) is 6. The van der Waals surface area contributed by atoms with Gasteiger partial charge in [0.15, 0.2) is 0 Å². The first-order valence-electron chi connectivity index (χ1n) is 5.40. The van der Waals surface area contributed by atoms with E-state index in [-0.39, 0.29) is 32.1 Å². The molecule has 0 aromatic carbocycles. The molecule has 7 nitrogen and oxygen atoms in total. The molecule has 0 aromatic rings. The van der Waals surface area contributed by atoms with E-state index in [1.165, 1.54) is 0 Å². The topological polar surface area (TPSA) is 99.1 Å². The molecule has 0 fully saturated rings. The molecule has 0 unspecified atom stereocenters. The maximum atomic E-state index is 11.8. The average Bonchev–Trinajstić information content (AvgIpc) is 2.15. The molecule has 0 rings (SSSR count). The first kappa shape index (κ1) is 20.9. The fraction of sp³-hybridized carbons (Fsp3) is 1.00. The van der Waals surface area contributed by atoms with Crippen LogP contribution < -0.4 is 0 Å². The second-order valence-electron chi connectivity index (χ2n) is 3.32. The van der Waals surface area contributed by atoms with Crippen molar-refractivity contribution < 1.29 is 30.6 Å². The summed E-state index contributed by atoms with van der Waals surface area (Å²) in [5, 5.41) is 0. The quantitative estimate of drug-likeness (QED) is 0.284. The van der Waals surface area contributed by atoms with Crippen molar-refractivity contribution in [3.05, 3.63) is 0 Å². The van der Waals surface area contributed by atoms with E-state index in [4.69, 9.17) is 13.6 Å². The molecule has 0 aliphatic rings. The van der Waals surface area contributed by atoms with Crippen molar-refractivity contribution in [1.29, 1.82) is 0 Å². The first-order valence-corrected chi connectivity index (χ1v) is 8.23. The summed E-state index contributed by atoms with van der Waals surface area (Å²) in [6.45, 7) is 3.84. The fourth-order valence-electron chi connectivity index (χ4n) is 0.837. The third-order valence-corrected chi connectivity index (χ3v) is 4.16. The minimum atomic E-state index is -4.87. The van der Waals surface area contributed by atoms with E-state index in [1.54, 1.807) is 0 Å². The molecule has 1 N–H and O–H groups in total. The van der Waals surface area contributed by atoms with Crippen LogP contribution in [0.2, 0.25) is 0 Å². The van der Waals surface area contributed by atoms with Crippen molar-refractivity contribution in [3.63, 3.8) is 0 Å². The van der Waals surface area contributed by atoms with Crippen molar-refractivity contribution in [2.24, 2.45) is 0 Å². The third kappa shape index (κ3) is 11.7. The molecule has 0 radical (unpaired) electrons. The van der Waals surface area contributed by atoms with Gasteiger partial charge >= 0.3 is 37.1 Å². The molecule has 0 atom stereocenters. The van der Waals surface area contributed by atoms with Gasteiger partial charge in [0.05, 0.1) is 13.2 Å². The van der Waals surface area contributed by atoms with Crippen LogP contribution in [0.25, 0.3) is 0 Å². The van der Waals surface area contributed by atoms with E-state index >= 15 is 0 Å². The van der Waals surface area contributed by atoms with Gasteiger partial charge in [-0.3, -0.25) is 13.6 Å². The van der Waals surface area contributed by atoms with Gasteiger partial charge in [-0.1, -0.05) is 26.7 Å². The number of phosphoric ester groups is 1. The number of hydrogen-bond donors (Lipinski definition) is 1. The summed E-state index contributed by atoms with van der Waals surface area (Å²) in [4.78, 5) is 0. The Labute approximate surface area is 120 Å². The van der Waals surface area contributed by atoms with Crippen LogP contribution in [0, 0.1) is 0 Å². The summed E-state index contributed by atoms with van der Waals surface area (Å²) in [5.41, 5.74) is 0.